The van der Waals surface area contributed by atoms with Gasteiger partial charge < -0.3 is 18.8 Å². The number of esters is 1. The fraction of sp³-hybridized carbons (Fsp3) is 0.345. The number of hydrogen-bond acceptors (Lipinski definition) is 6. The lowest BCUT2D eigenvalue weighted by molar-refractivity contribution is -0.142. The number of aryl methyl sites for hydroxylation is 2. The second kappa shape index (κ2) is 12.7. The van der Waals surface area contributed by atoms with Gasteiger partial charge in [-0.2, -0.15) is 0 Å². The third-order valence-electron chi connectivity index (χ3n) is 6.08. The van der Waals surface area contributed by atoms with Crippen LogP contribution in [0.2, 0.25) is 0 Å². The minimum atomic E-state index is -0.438. The summed E-state index contributed by atoms with van der Waals surface area (Å²) in [5, 5.41) is 0. The third kappa shape index (κ3) is 7.31. The molecule has 0 N–H and O–H groups in total. The highest BCUT2D eigenvalue weighted by Gasteiger charge is 2.17. The first kappa shape index (κ1) is 26.7. The maximum atomic E-state index is 12.7. The van der Waals surface area contributed by atoms with Crippen LogP contribution in [0.3, 0.4) is 0 Å². The predicted molar refractivity (Wildman–Crippen MR) is 137 cm³/mol. The minimum Gasteiger partial charge on any atom is -0.497 e. The summed E-state index contributed by atoms with van der Waals surface area (Å²) in [4.78, 5) is 36.1. The molecule has 0 bridgehead atoms. The normalized spacial score (nSPS) is 10.7. The second-order valence-electron chi connectivity index (χ2n) is 8.65. The topological polar surface area (TPSA) is 83.8 Å². The molecule has 0 atom stereocenters. The van der Waals surface area contributed by atoms with Gasteiger partial charge in [0.15, 0.2) is 12.4 Å². The van der Waals surface area contributed by atoms with Crippen molar-refractivity contribution in [3.63, 3.8) is 0 Å². The van der Waals surface area contributed by atoms with Gasteiger partial charge in [-0.15, -0.1) is 0 Å². The van der Waals surface area contributed by atoms with E-state index >= 15 is 0 Å². The first-order valence-electron chi connectivity index (χ1n) is 12.0. The van der Waals surface area contributed by atoms with Crippen molar-refractivity contribution >= 4 is 17.5 Å². The van der Waals surface area contributed by atoms with Crippen LogP contribution in [0.4, 0.5) is 0 Å². The number of benzene rings is 2. The molecule has 0 aliphatic rings. The van der Waals surface area contributed by atoms with Gasteiger partial charge >= 0.3 is 5.97 Å². The van der Waals surface area contributed by atoms with E-state index in [1.54, 1.807) is 31.4 Å². The second-order valence-corrected chi connectivity index (χ2v) is 8.65. The summed E-state index contributed by atoms with van der Waals surface area (Å²) in [6, 6.07) is 16.6. The summed E-state index contributed by atoms with van der Waals surface area (Å²) < 4.78 is 18.1. The molecule has 1 heterocycles. The Hall–Kier alpha value is -3.87. The van der Waals surface area contributed by atoms with E-state index in [4.69, 9.17) is 14.2 Å². The molecule has 0 radical (unpaired) electrons. The molecule has 0 amide bonds. The van der Waals surface area contributed by atoms with Gasteiger partial charge in [-0.1, -0.05) is 12.1 Å². The van der Waals surface area contributed by atoms with Gasteiger partial charge in [0.2, 0.25) is 5.78 Å². The molecular weight excluding hydrogens is 458 g/mol. The highest BCUT2D eigenvalue weighted by atomic mass is 16.5. The number of hydrogen-bond donors (Lipinski definition) is 0. The lowest BCUT2D eigenvalue weighted by Gasteiger charge is -2.10. The van der Waals surface area contributed by atoms with E-state index in [0.717, 1.165) is 30.1 Å². The predicted octanol–water partition coefficient (Wildman–Crippen LogP) is 5.14. The quantitative estimate of drug-likeness (QED) is 0.187. The number of ether oxygens (including phenoxy) is 3. The molecule has 0 aliphatic carbocycles. The first-order chi connectivity index (χ1) is 17.3. The lowest BCUT2D eigenvalue weighted by atomic mass is 10.1. The van der Waals surface area contributed by atoms with Crippen molar-refractivity contribution in [1.82, 2.24) is 4.57 Å². The Morgan fingerprint density at radius 2 is 1.58 bits per heavy atom. The monoisotopic (exact) mass is 491 g/mol. The van der Waals surface area contributed by atoms with E-state index in [2.05, 4.69) is 4.57 Å². The third-order valence-corrected chi connectivity index (χ3v) is 6.08. The fourth-order valence-electron chi connectivity index (χ4n) is 3.95. The smallest absolute Gasteiger partial charge is 0.306 e. The Morgan fingerprint density at radius 1 is 0.917 bits per heavy atom. The fourth-order valence-corrected chi connectivity index (χ4v) is 3.95. The number of methoxy groups -OCH3 is 1. The molecule has 0 saturated heterocycles. The zero-order valence-corrected chi connectivity index (χ0v) is 21.3. The van der Waals surface area contributed by atoms with Crippen molar-refractivity contribution in [2.24, 2.45) is 0 Å². The van der Waals surface area contributed by atoms with Gasteiger partial charge in [0.1, 0.15) is 11.5 Å². The summed E-state index contributed by atoms with van der Waals surface area (Å²) in [5.41, 5.74) is 4.23. The Labute approximate surface area is 212 Å². The molecule has 36 heavy (non-hydrogen) atoms. The Kier molecular flexibility index (Phi) is 9.45. The summed E-state index contributed by atoms with van der Waals surface area (Å²) in [7, 11) is 1.64. The minimum absolute atomic E-state index is 0.00526. The molecule has 7 heteroatoms. The lowest BCUT2D eigenvalue weighted by Crippen LogP contribution is -2.15. The molecule has 3 rings (SSSR count). The summed E-state index contributed by atoms with van der Waals surface area (Å²) in [5.74, 6) is 0.795. The molecule has 1 aromatic heterocycles. The summed E-state index contributed by atoms with van der Waals surface area (Å²) >= 11 is 0. The largest absolute Gasteiger partial charge is 0.497 e. The molecule has 190 valence electrons. The van der Waals surface area contributed by atoms with Crippen molar-refractivity contribution in [2.75, 3.05) is 20.3 Å². The molecule has 7 nitrogen and oxygen atoms in total. The standard InChI is InChI=1S/C29H33NO6/c1-20-18-27(21(2)30(20)16-15-23-7-11-25(34-4)12-8-23)28(32)19-36-29(33)6-5-17-35-26-13-9-24(10-14-26)22(3)31/h7-14,18H,5-6,15-17,19H2,1-4H3. The number of Topliss-reactive ketones (excluding diaryl/α,β-unsaturated/α-hetero) is 2. The SMILES string of the molecule is COc1ccc(CCn2c(C)cc(C(=O)COC(=O)CCCOc3ccc(C(C)=O)cc3)c2C)cc1. The Balaban J connectivity index is 1.42. The Bertz CT molecular complexity index is 1190. The van der Waals surface area contributed by atoms with Gasteiger partial charge in [-0.25, -0.2) is 0 Å². The van der Waals surface area contributed by atoms with Crippen LogP contribution in [0.15, 0.2) is 54.6 Å². The van der Waals surface area contributed by atoms with E-state index in [-0.39, 0.29) is 24.6 Å². The van der Waals surface area contributed by atoms with E-state index < -0.39 is 5.97 Å². The van der Waals surface area contributed by atoms with Crippen molar-refractivity contribution in [1.29, 1.82) is 0 Å². The van der Waals surface area contributed by atoms with Crippen LogP contribution in [0.5, 0.6) is 11.5 Å². The molecule has 3 aromatic rings. The maximum absolute atomic E-state index is 12.7. The first-order valence-corrected chi connectivity index (χ1v) is 12.0. The van der Waals surface area contributed by atoms with E-state index in [9.17, 15) is 14.4 Å². The van der Waals surface area contributed by atoms with E-state index in [1.165, 1.54) is 12.5 Å². The maximum Gasteiger partial charge on any atom is 0.306 e. The average Bonchev–Trinajstić information content (AvgIpc) is 3.17. The molecule has 0 saturated carbocycles. The van der Waals surface area contributed by atoms with Gasteiger partial charge in [0.25, 0.3) is 0 Å². The molecule has 0 aliphatic heterocycles. The summed E-state index contributed by atoms with van der Waals surface area (Å²) in [6.07, 6.45) is 1.44. The van der Waals surface area contributed by atoms with Crippen LogP contribution in [0.25, 0.3) is 0 Å². The number of rotatable bonds is 13. The average molecular weight is 492 g/mol. The molecular formula is C29H33NO6. The van der Waals surface area contributed by atoms with Crippen molar-refractivity contribution in [3.05, 3.63) is 82.7 Å². The number of carbonyl (C=O) groups excluding carboxylic acids is 3. The van der Waals surface area contributed by atoms with Crippen LogP contribution in [-0.2, 0) is 22.5 Å². The number of carbonyl (C=O) groups is 3. The summed E-state index contributed by atoms with van der Waals surface area (Å²) in [6.45, 7) is 6.18. The zero-order valence-electron chi connectivity index (χ0n) is 21.3. The van der Waals surface area contributed by atoms with Gasteiger partial charge in [-0.05, 0) is 81.6 Å². The Morgan fingerprint density at radius 3 is 2.22 bits per heavy atom. The number of ketones is 2. The highest BCUT2D eigenvalue weighted by Crippen LogP contribution is 2.18. The van der Waals surface area contributed by atoms with Crippen LogP contribution in [0, 0.1) is 13.8 Å². The van der Waals surface area contributed by atoms with Crippen LogP contribution in [0.1, 0.15) is 57.4 Å². The van der Waals surface area contributed by atoms with Gasteiger partial charge in [0.05, 0.1) is 13.7 Å². The number of aromatic nitrogens is 1. The van der Waals surface area contributed by atoms with Gasteiger partial charge in [0, 0.05) is 35.5 Å². The molecule has 2 aromatic carbocycles. The van der Waals surface area contributed by atoms with Crippen molar-refractivity contribution < 1.29 is 28.6 Å². The molecule has 0 unspecified atom stereocenters. The highest BCUT2D eigenvalue weighted by molar-refractivity contribution is 5.99. The van der Waals surface area contributed by atoms with E-state index in [1.807, 2.05) is 44.2 Å². The van der Waals surface area contributed by atoms with Gasteiger partial charge in [-0.3, -0.25) is 14.4 Å². The van der Waals surface area contributed by atoms with Crippen molar-refractivity contribution in [3.8, 4) is 11.5 Å². The van der Waals surface area contributed by atoms with E-state index in [0.29, 0.717) is 29.9 Å². The van der Waals surface area contributed by atoms with Crippen molar-refractivity contribution in [2.45, 2.75) is 46.6 Å². The molecule has 0 fully saturated rings. The zero-order chi connectivity index (χ0) is 26.1. The van der Waals surface area contributed by atoms with Crippen LogP contribution < -0.4 is 9.47 Å². The number of nitrogens with zero attached hydrogens (tertiary/aromatic N) is 1. The van der Waals surface area contributed by atoms with Crippen LogP contribution >= 0.6 is 0 Å². The van der Waals surface area contributed by atoms with Crippen LogP contribution in [-0.4, -0.2) is 42.4 Å². The molecule has 0 spiro atoms.